The van der Waals surface area contributed by atoms with Gasteiger partial charge in [0, 0.05) is 5.38 Å². The number of thiazole rings is 1. The highest BCUT2D eigenvalue weighted by molar-refractivity contribution is 7.14. The summed E-state index contributed by atoms with van der Waals surface area (Å²) in [5.74, 6) is 0.872. The molecule has 0 aliphatic rings. The van der Waals surface area contributed by atoms with E-state index < -0.39 is 5.97 Å². The van der Waals surface area contributed by atoms with Gasteiger partial charge < -0.3 is 15.2 Å². The smallest absolute Gasteiger partial charge is 0.353 e. The Hall–Kier alpha value is -2.91. The zero-order valence-corrected chi connectivity index (χ0v) is 15.5. The number of thiophene rings is 1. The van der Waals surface area contributed by atoms with Crippen LogP contribution in [0.2, 0.25) is 0 Å². The Balaban J connectivity index is 1.72. The number of anilines is 2. The van der Waals surface area contributed by atoms with Gasteiger partial charge in [0.1, 0.15) is 10.7 Å². The van der Waals surface area contributed by atoms with E-state index in [1.807, 2.05) is 12.3 Å². The summed E-state index contributed by atoms with van der Waals surface area (Å²) in [5, 5.41) is 8.26. The largest absolute Gasteiger partial charge is 0.490 e. The number of carbonyl (C=O) groups excluding carboxylic acids is 1. The first-order chi connectivity index (χ1) is 12.7. The predicted molar refractivity (Wildman–Crippen MR) is 105 cm³/mol. The first kappa shape index (κ1) is 17.9. The van der Waals surface area contributed by atoms with Crippen LogP contribution in [0.4, 0.5) is 10.9 Å². The van der Waals surface area contributed by atoms with E-state index in [-0.39, 0.29) is 0 Å². The van der Waals surface area contributed by atoms with E-state index >= 15 is 0 Å². The second-order valence-corrected chi connectivity index (χ2v) is 6.76. The number of nitrogens with zero attached hydrogens (tertiary/aromatic N) is 2. The normalized spacial score (nSPS) is 10.8. The number of nitrogens with two attached hydrogens (primary N) is 1. The average molecular weight is 388 g/mol. The first-order valence-corrected chi connectivity index (χ1v) is 9.44. The van der Waals surface area contributed by atoms with E-state index in [1.165, 1.54) is 22.7 Å². The Labute approximate surface area is 158 Å². The van der Waals surface area contributed by atoms with Crippen molar-refractivity contribution >= 4 is 45.8 Å². The van der Waals surface area contributed by atoms with Crippen molar-refractivity contribution in [2.45, 2.75) is 6.92 Å². The summed E-state index contributed by atoms with van der Waals surface area (Å²) >= 11 is 2.69. The van der Waals surface area contributed by atoms with Crippen molar-refractivity contribution in [1.29, 1.82) is 0 Å². The average Bonchev–Trinajstić information content (AvgIpc) is 3.29. The minimum atomic E-state index is -0.412. The fraction of sp³-hybridized carbons (Fsp3) is 0.118. The molecule has 0 atom stereocenters. The van der Waals surface area contributed by atoms with Crippen LogP contribution in [0.15, 0.2) is 46.2 Å². The lowest BCUT2D eigenvalue weighted by molar-refractivity contribution is 0.0733. The van der Waals surface area contributed by atoms with Gasteiger partial charge >= 0.3 is 5.97 Å². The first-order valence-electron chi connectivity index (χ1n) is 7.68. The molecule has 0 spiro atoms. The van der Waals surface area contributed by atoms with Crippen molar-refractivity contribution in [3.63, 3.8) is 0 Å². The summed E-state index contributed by atoms with van der Waals surface area (Å²) in [6, 6.07) is 8.72. The Morgan fingerprint density at radius 2 is 2.23 bits per heavy atom. The number of nitrogen functional groups attached to an aromatic ring is 1. The third-order valence-electron chi connectivity index (χ3n) is 3.09. The summed E-state index contributed by atoms with van der Waals surface area (Å²) in [6.45, 7) is 2.31. The lowest BCUT2D eigenvalue weighted by atomic mass is 10.2. The lowest BCUT2D eigenvalue weighted by Gasteiger charge is -2.10. The van der Waals surface area contributed by atoms with Gasteiger partial charge in [-0.15, -0.1) is 22.7 Å². The number of aromatic nitrogens is 1. The van der Waals surface area contributed by atoms with Crippen molar-refractivity contribution in [1.82, 2.24) is 4.98 Å². The number of benzene rings is 1. The van der Waals surface area contributed by atoms with Gasteiger partial charge in [-0.2, -0.15) is 5.10 Å². The van der Waals surface area contributed by atoms with Gasteiger partial charge in [-0.3, -0.25) is 5.43 Å². The monoisotopic (exact) mass is 388 g/mol. The molecule has 0 radical (unpaired) electrons. The summed E-state index contributed by atoms with van der Waals surface area (Å²) in [5.41, 5.74) is 9.14. The second kappa shape index (κ2) is 8.45. The fourth-order valence-corrected chi connectivity index (χ4v) is 3.15. The zero-order chi connectivity index (χ0) is 18.4. The SMILES string of the molecule is CCOc1cc(C=NNc2nc(N)cs2)ccc1OC(=O)c1cccs1. The molecule has 3 N–H and O–H groups in total. The minimum absolute atomic E-state index is 0.364. The maximum atomic E-state index is 12.1. The van der Waals surface area contributed by atoms with Crippen LogP contribution >= 0.6 is 22.7 Å². The van der Waals surface area contributed by atoms with Crippen LogP contribution in [-0.2, 0) is 0 Å². The number of hydrogen-bond acceptors (Lipinski definition) is 9. The molecule has 2 aromatic heterocycles. The van der Waals surface area contributed by atoms with Gasteiger partial charge in [0.2, 0.25) is 5.13 Å². The van der Waals surface area contributed by atoms with Crippen LogP contribution in [0, 0.1) is 0 Å². The topological polar surface area (TPSA) is 98.8 Å². The van der Waals surface area contributed by atoms with Gasteiger partial charge in [0.25, 0.3) is 0 Å². The number of hydrazone groups is 1. The maximum absolute atomic E-state index is 12.1. The molecule has 0 saturated carbocycles. The van der Waals surface area contributed by atoms with E-state index in [1.54, 1.807) is 41.9 Å². The van der Waals surface area contributed by atoms with E-state index in [4.69, 9.17) is 15.2 Å². The standard InChI is InChI=1S/C17H16N4O3S2/c1-2-23-13-8-11(9-19-21-17-20-15(18)10-26-17)5-6-12(13)24-16(22)14-4-3-7-25-14/h3-10H,2,18H2,1H3,(H,20,21). The fourth-order valence-electron chi connectivity index (χ4n) is 2.00. The number of ether oxygens (including phenoxy) is 2. The third kappa shape index (κ3) is 4.58. The van der Waals surface area contributed by atoms with Crippen LogP contribution in [0.1, 0.15) is 22.2 Å². The van der Waals surface area contributed by atoms with Crippen molar-refractivity contribution in [3.8, 4) is 11.5 Å². The summed E-state index contributed by atoms with van der Waals surface area (Å²) in [4.78, 5) is 16.7. The van der Waals surface area contributed by atoms with Crippen LogP contribution in [0.3, 0.4) is 0 Å². The molecule has 3 aromatic rings. The number of hydrogen-bond donors (Lipinski definition) is 2. The van der Waals surface area contributed by atoms with E-state index in [0.29, 0.717) is 33.9 Å². The Morgan fingerprint density at radius 3 is 2.92 bits per heavy atom. The summed E-state index contributed by atoms with van der Waals surface area (Å²) in [7, 11) is 0. The molecule has 0 aliphatic carbocycles. The van der Waals surface area contributed by atoms with Crippen LogP contribution in [-0.4, -0.2) is 23.8 Å². The Bertz CT molecular complexity index is 907. The third-order valence-corrected chi connectivity index (χ3v) is 4.70. The summed E-state index contributed by atoms with van der Waals surface area (Å²) in [6.07, 6.45) is 1.62. The van der Waals surface area contributed by atoms with E-state index in [2.05, 4.69) is 15.5 Å². The van der Waals surface area contributed by atoms with Crippen LogP contribution < -0.4 is 20.6 Å². The molecule has 0 aliphatic heterocycles. The van der Waals surface area contributed by atoms with E-state index in [0.717, 1.165) is 5.56 Å². The Kier molecular flexibility index (Phi) is 5.82. The molecule has 1 aromatic carbocycles. The van der Waals surface area contributed by atoms with Crippen molar-refractivity contribution in [3.05, 3.63) is 51.5 Å². The van der Waals surface area contributed by atoms with Gasteiger partial charge in [-0.05, 0) is 42.1 Å². The molecule has 0 fully saturated rings. The molecule has 3 rings (SSSR count). The number of rotatable bonds is 7. The number of esters is 1. The highest BCUT2D eigenvalue weighted by atomic mass is 32.1. The van der Waals surface area contributed by atoms with Crippen molar-refractivity contribution < 1.29 is 14.3 Å². The molecule has 0 saturated heterocycles. The highest BCUT2D eigenvalue weighted by Crippen LogP contribution is 2.29. The number of nitrogens with one attached hydrogen (secondary N) is 1. The molecule has 26 heavy (non-hydrogen) atoms. The molecule has 7 nitrogen and oxygen atoms in total. The summed E-state index contributed by atoms with van der Waals surface area (Å²) < 4.78 is 11.0. The van der Waals surface area contributed by atoms with Crippen LogP contribution in [0.25, 0.3) is 0 Å². The predicted octanol–water partition coefficient (Wildman–Crippen LogP) is 3.85. The van der Waals surface area contributed by atoms with Crippen molar-refractivity contribution in [2.24, 2.45) is 5.10 Å². The molecule has 9 heteroatoms. The van der Waals surface area contributed by atoms with Crippen LogP contribution in [0.5, 0.6) is 11.5 Å². The molecule has 0 amide bonds. The highest BCUT2D eigenvalue weighted by Gasteiger charge is 2.13. The molecule has 0 unspecified atom stereocenters. The molecule has 0 bridgehead atoms. The molecule has 2 heterocycles. The second-order valence-electron chi connectivity index (χ2n) is 4.95. The number of carbonyl (C=O) groups is 1. The zero-order valence-electron chi connectivity index (χ0n) is 13.8. The quantitative estimate of drug-likeness (QED) is 0.276. The van der Waals surface area contributed by atoms with Gasteiger partial charge in [-0.25, -0.2) is 9.78 Å². The molecular formula is C17H16N4O3S2. The van der Waals surface area contributed by atoms with Crippen molar-refractivity contribution in [2.75, 3.05) is 17.8 Å². The molecule has 134 valence electrons. The van der Waals surface area contributed by atoms with Gasteiger partial charge in [-0.1, -0.05) is 6.07 Å². The maximum Gasteiger partial charge on any atom is 0.353 e. The Morgan fingerprint density at radius 1 is 1.35 bits per heavy atom. The molecular weight excluding hydrogens is 372 g/mol. The van der Waals surface area contributed by atoms with Gasteiger partial charge in [0.15, 0.2) is 11.5 Å². The van der Waals surface area contributed by atoms with E-state index in [9.17, 15) is 4.79 Å². The minimum Gasteiger partial charge on any atom is -0.490 e. The lowest BCUT2D eigenvalue weighted by Crippen LogP contribution is -2.08. The van der Waals surface area contributed by atoms with Gasteiger partial charge in [0.05, 0.1) is 12.8 Å².